The Morgan fingerprint density at radius 2 is 2.36 bits per heavy atom. The molecule has 6 heteroatoms. The highest BCUT2D eigenvalue weighted by Gasteiger charge is 2.13. The van der Waals surface area contributed by atoms with Gasteiger partial charge in [-0.3, -0.25) is 10.1 Å². The Bertz CT molecular complexity index is 356. The molecule has 0 saturated heterocycles. The Kier molecular flexibility index (Phi) is 3.54. The van der Waals surface area contributed by atoms with Crippen molar-refractivity contribution in [3.63, 3.8) is 0 Å². The highest BCUT2D eigenvalue weighted by Crippen LogP contribution is 2.22. The molecule has 0 aliphatic heterocycles. The van der Waals surface area contributed by atoms with Gasteiger partial charge in [0.1, 0.15) is 4.60 Å². The van der Waals surface area contributed by atoms with E-state index in [9.17, 15) is 10.1 Å². The minimum absolute atomic E-state index is 0.00535. The molecule has 5 nitrogen and oxygen atoms in total. The summed E-state index contributed by atoms with van der Waals surface area (Å²) >= 11 is 3.11. The molecule has 0 unspecified atom stereocenters. The number of nitrogens with zero attached hydrogens (tertiary/aromatic N) is 2. The Hall–Kier alpha value is -1.01. The highest BCUT2D eigenvalue weighted by molar-refractivity contribution is 9.10. The monoisotopic (exact) mass is 259 g/mol. The molecule has 14 heavy (non-hydrogen) atoms. The van der Waals surface area contributed by atoms with Gasteiger partial charge < -0.3 is 5.73 Å². The van der Waals surface area contributed by atoms with Crippen LogP contribution in [-0.4, -0.2) is 9.91 Å². The van der Waals surface area contributed by atoms with Crippen LogP contribution >= 0.6 is 15.9 Å². The zero-order valence-electron chi connectivity index (χ0n) is 7.61. The third kappa shape index (κ3) is 2.49. The molecule has 0 saturated carbocycles. The van der Waals surface area contributed by atoms with Crippen molar-refractivity contribution in [2.24, 2.45) is 5.73 Å². The van der Waals surface area contributed by atoms with Gasteiger partial charge in [0.15, 0.2) is 0 Å². The first-order valence-corrected chi connectivity index (χ1v) is 4.91. The maximum Gasteiger partial charge on any atom is 0.274 e. The zero-order valence-corrected chi connectivity index (χ0v) is 9.19. The molecule has 1 atom stereocenters. The van der Waals surface area contributed by atoms with Crippen LogP contribution in [-0.2, 0) is 0 Å². The summed E-state index contributed by atoms with van der Waals surface area (Å²) in [5, 5.41) is 10.5. The summed E-state index contributed by atoms with van der Waals surface area (Å²) in [6.45, 7) is 1.90. The normalized spacial score (nSPS) is 12.5. The summed E-state index contributed by atoms with van der Waals surface area (Å²) in [6.07, 6.45) is 0.695. The van der Waals surface area contributed by atoms with Gasteiger partial charge in [-0.2, -0.15) is 0 Å². The van der Waals surface area contributed by atoms with E-state index in [0.717, 1.165) is 0 Å². The molecule has 0 bridgehead atoms. The first-order chi connectivity index (χ1) is 6.54. The molecule has 76 valence electrons. The summed E-state index contributed by atoms with van der Waals surface area (Å²) in [6, 6.07) is 2.50. The standard InChI is InChI=1S/C8H10BrN3O2/c1-2-6(10)7-3-5(12(13)14)4-8(9)11-7/h3-4,6H,2,10H2,1H3/t6-/m1/s1. The van der Waals surface area contributed by atoms with Gasteiger partial charge in [0.25, 0.3) is 5.69 Å². The second-order valence-electron chi connectivity index (χ2n) is 2.84. The van der Waals surface area contributed by atoms with Crippen molar-refractivity contribution in [3.05, 3.63) is 32.5 Å². The van der Waals surface area contributed by atoms with Gasteiger partial charge in [-0.15, -0.1) is 0 Å². The minimum atomic E-state index is -0.460. The smallest absolute Gasteiger partial charge is 0.274 e. The predicted octanol–water partition coefficient (Wildman–Crippen LogP) is 2.16. The van der Waals surface area contributed by atoms with Gasteiger partial charge in [0.05, 0.1) is 10.6 Å². The van der Waals surface area contributed by atoms with Gasteiger partial charge >= 0.3 is 0 Å². The molecule has 0 aromatic carbocycles. The lowest BCUT2D eigenvalue weighted by molar-refractivity contribution is -0.385. The average Bonchev–Trinajstić information content (AvgIpc) is 2.15. The van der Waals surface area contributed by atoms with Crippen molar-refractivity contribution in [1.82, 2.24) is 4.98 Å². The summed E-state index contributed by atoms with van der Waals surface area (Å²) < 4.78 is 0.436. The van der Waals surface area contributed by atoms with Crippen LogP contribution in [0, 0.1) is 10.1 Å². The molecule has 0 amide bonds. The lowest BCUT2D eigenvalue weighted by atomic mass is 10.1. The minimum Gasteiger partial charge on any atom is -0.323 e. The van der Waals surface area contributed by atoms with Crippen molar-refractivity contribution >= 4 is 21.6 Å². The number of nitro groups is 1. The van der Waals surface area contributed by atoms with Crippen molar-refractivity contribution < 1.29 is 4.92 Å². The zero-order chi connectivity index (χ0) is 10.7. The fourth-order valence-corrected chi connectivity index (χ4v) is 1.45. The van der Waals surface area contributed by atoms with E-state index < -0.39 is 4.92 Å². The van der Waals surface area contributed by atoms with E-state index in [1.165, 1.54) is 12.1 Å². The first-order valence-electron chi connectivity index (χ1n) is 4.12. The van der Waals surface area contributed by atoms with E-state index >= 15 is 0 Å². The molecular weight excluding hydrogens is 250 g/mol. The SMILES string of the molecule is CC[C@@H](N)c1cc([N+](=O)[O-])cc(Br)n1. The van der Waals surface area contributed by atoms with E-state index in [0.29, 0.717) is 16.7 Å². The van der Waals surface area contributed by atoms with Crippen LogP contribution in [0.3, 0.4) is 0 Å². The largest absolute Gasteiger partial charge is 0.323 e. The van der Waals surface area contributed by atoms with Crippen LogP contribution in [0.15, 0.2) is 16.7 Å². The summed E-state index contributed by atoms with van der Waals surface area (Å²) in [7, 11) is 0. The second kappa shape index (κ2) is 4.47. The molecule has 0 aliphatic rings. The van der Waals surface area contributed by atoms with Crippen molar-refractivity contribution in [2.75, 3.05) is 0 Å². The third-order valence-corrected chi connectivity index (χ3v) is 2.24. The first kappa shape index (κ1) is 11.1. The Morgan fingerprint density at radius 1 is 1.71 bits per heavy atom. The van der Waals surface area contributed by atoms with Gasteiger partial charge in [-0.25, -0.2) is 4.98 Å². The van der Waals surface area contributed by atoms with Gasteiger partial charge in [0.2, 0.25) is 0 Å². The number of halogens is 1. The van der Waals surface area contributed by atoms with Gasteiger partial charge in [0, 0.05) is 18.2 Å². The molecule has 1 rings (SSSR count). The molecule has 0 radical (unpaired) electrons. The van der Waals surface area contributed by atoms with E-state index in [-0.39, 0.29) is 11.7 Å². The average molecular weight is 260 g/mol. The molecular formula is C8H10BrN3O2. The summed E-state index contributed by atoms with van der Waals surface area (Å²) in [5.74, 6) is 0. The maximum atomic E-state index is 10.5. The summed E-state index contributed by atoms with van der Waals surface area (Å²) in [5.41, 5.74) is 6.27. The van der Waals surface area contributed by atoms with Gasteiger partial charge in [-0.05, 0) is 22.4 Å². The fraction of sp³-hybridized carbons (Fsp3) is 0.375. The van der Waals surface area contributed by atoms with Gasteiger partial charge in [-0.1, -0.05) is 6.92 Å². The van der Waals surface area contributed by atoms with Crippen molar-refractivity contribution in [1.29, 1.82) is 0 Å². The molecule has 0 fully saturated rings. The number of hydrogen-bond donors (Lipinski definition) is 1. The van der Waals surface area contributed by atoms with Crippen molar-refractivity contribution in [3.8, 4) is 0 Å². The van der Waals surface area contributed by atoms with Crippen LogP contribution in [0.1, 0.15) is 25.1 Å². The van der Waals surface area contributed by atoms with Crippen LogP contribution in [0.2, 0.25) is 0 Å². The quantitative estimate of drug-likeness (QED) is 0.513. The number of hydrogen-bond acceptors (Lipinski definition) is 4. The molecule has 1 aromatic heterocycles. The molecule has 0 spiro atoms. The maximum absolute atomic E-state index is 10.5. The van der Waals surface area contributed by atoms with E-state index in [4.69, 9.17) is 5.73 Å². The van der Waals surface area contributed by atoms with E-state index in [1.54, 1.807) is 0 Å². The van der Waals surface area contributed by atoms with E-state index in [1.807, 2.05) is 6.92 Å². The van der Waals surface area contributed by atoms with Crippen LogP contribution in [0.4, 0.5) is 5.69 Å². The van der Waals surface area contributed by atoms with Crippen LogP contribution in [0.5, 0.6) is 0 Å². The molecule has 1 heterocycles. The number of nitrogens with two attached hydrogens (primary N) is 1. The topological polar surface area (TPSA) is 82.0 Å². The van der Waals surface area contributed by atoms with Crippen LogP contribution in [0.25, 0.3) is 0 Å². The van der Waals surface area contributed by atoms with E-state index in [2.05, 4.69) is 20.9 Å². The fourth-order valence-electron chi connectivity index (χ4n) is 1.01. The second-order valence-corrected chi connectivity index (χ2v) is 3.66. The lowest BCUT2D eigenvalue weighted by Crippen LogP contribution is -2.11. The Labute approximate surface area is 89.6 Å². The van der Waals surface area contributed by atoms with Crippen LogP contribution < -0.4 is 5.73 Å². The third-order valence-electron chi connectivity index (χ3n) is 1.83. The number of rotatable bonds is 3. The molecule has 0 aliphatic carbocycles. The number of aromatic nitrogens is 1. The number of pyridine rings is 1. The Balaban J connectivity index is 3.13. The Morgan fingerprint density at radius 3 is 2.86 bits per heavy atom. The highest BCUT2D eigenvalue weighted by atomic mass is 79.9. The molecule has 2 N–H and O–H groups in total. The van der Waals surface area contributed by atoms with Crippen molar-refractivity contribution in [2.45, 2.75) is 19.4 Å². The lowest BCUT2D eigenvalue weighted by Gasteiger charge is -2.07. The summed E-state index contributed by atoms with van der Waals surface area (Å²) in [4.78, 5) is 14.1. The molecule has 1 aromatic rings. The predicted molar refractivity (Wildman–Crippen MR) is 55.8 cm³/mol.